The van der Waals surface area contributed by atoms with Gasteiger partial charge in [0.2, 0.25) is 0 Å². The zero-order valence-electron chi connectivity index (χ0n) is 8.12. The van der Waals surface area contributed by atoms with E-state index in [1.54, 1.807) is 0 Å². The van der Waals surface area contributed by atoms with E-state index in [4.69, 9.17) is 0 Å². The van der Waals surface area contributed by atoms with Crippen molar-refractivity contribution < 1.29 is 0 Å². The molecular formula is C9H20N2. The van der Waals surface area contributed by atoms with Gasteiger partial charge in [0, 0.05) is 24.2 Å². The molecule has 66 valence electrons. The summed E-state index contributed by atoms with van der Waals surface area (Å²) in [5, 5.41) is 7.11. The van der Waals surface area contributed by atoms with Crippen LogP contribution >= 0.6 is 0 Å². The third-order valence-corrected chi connectivity index (χ3v) is 2.50. The summed E-state index contributed by atoms with van der Waals surface area (Å²) in [5.74, 6) is 0. The van der Waals surface area contributed by atoms with E-state index >= 15 is 0 Å². The molecule has 11 heavy (non-hydrogen) atoms. The maximum absolute atomic E-state index is 3.66. The number of nitrogens with one attached hydrogen (secondary N) is 2. The molecule has 1 heterocycles. The van der Waals surface area contributed by atoms with Crippen molar-refractivity contribution in [2.24, 2.45) is 0 Å². The van der Waals surface area contributed by atoms with E-state index in [1.165, 1.54) is 6.42 Å². The first kappa shape index (κ1) is 9.01. The van der Waals surface area contributed by atoms with Crippen molar-refractivity contribution in [1.82, 2.24) is 10.6 Å². The number of hydrogen-bond acceptors (Lipinski definition) is 2. The van der Waals surface area contributed by atoms with Crippen LogP contribution in [0.15, 0.2) is 0 Å². The Kier molecular flexibility index (Phi) is 2.26. The fraction of sp³-hybridized carbons (Fsp3) is 1.00. The van der Waals surface area contributed by atoms with E-state index in [2.05, 4.69) is 38.3 Å². The van der Waals surface area contributed by atoms with Crippen molar-refractivity contribution >= 4 is 0 Å². The SMILES string of the molecule is CCC1(C)CNCC(C)(C)N1. The van der Waals surface area contributed by atoms with Gasteiger partial charge in [0.15, 0.2) is 0 Å². The maximum Gasteiger partial charge on any atom is 0.0280 e. The van der Waals surface area contributed by atoms with Gasteiger partial charge in [-0.1, -0.05) is 6.92 Å². The molecule has 0 aromatic heterocycles. The highest BCUT2D eigenvalue weighted by Crippen LogP contribution is 2.17. The number of hydrogen-bond donors (Lipinski definition) is 2. The van der Waals surface area contributed by atoms with Gasteiger partial charge < -0.3 is 10.6 Å². The molecule has 1 fully saturated rings. The fourth-order valence-corrected chi connectivity index (χ4v) is 1.77. The van der Waals surface area contributed by atoms with Crippen LogP contribution in [0.3, 0.4) is 0 Å². The van der Waals surface area contributed by atoms with Crippen molar-refractivity contribution in [1.29, 1.82) is 0 Å². The van der Waals surface area contributed by atoms with E-state index in [0.29, 0.717) is 5.54 Å². The average molecular weight is 156 g/mol. The number of piperazine rings is 1. The minimum absolute atomic E-state index is 0.253. The van der Waals surface area contributed by atoms with Crippen LogP contribution in [-0.4, -0.2) is 24.2 Å². The molecule has 0 aromatic rings. The molecule has 1 saturated heterocycles. The van der Waals surface area contributed by atoms with E-state index in [1.807, 2.05) is 0 Å². The third kappa shape index (κ3) is 2.17. The van der Waals surface area contributed by atoms with Gasteiger partial charge >= 0.3 is 0 Å². The van der Waals surface area contributed by atoms with Gasteiger partial charge in [-0.3, -0.25) is 0 Å². The first-order chi connectivity index (χ1) is 4.97. The summed E-state index contributed by atoms with van der Waals surface area (Å²) in [7, 11) is 0. The Labute approximate surface area is 69.8 Å². The Morgan fingerprint density at radius 3 is 2.18 bits per heavy atom. The van der Waals surface area contributed by atoms with Crippen molar-refractivity contribution in [2.75, 3.05) is 13.1 Å². The Hall–Kier alpha value is -0.0800. The largest absolute Gasteiger partial charge is 0.313 e. The molecule has 1 rings (SSSR count). The van der Waals surface area contributed by atoms with Crippen molar-refractivity contribution in [3.8, 4) is 0 Å². The highest BCUT2D eigenvalue weighted by molar-refractivity contribution is 4.97. The van der Waals surface area contributed by atoms with Crippen molar-refractivity contribution in [3.05, 3.63) is 0 Å². The van der Waals surface area contributed by atoms with E-state index in [0.717, 1.165) is 13.1 Å². The van der Waals surface area contributed by atoms with Gasteiger partial charge in [-0.2, -0.15) is 0 Å². The lowest BCUT2D eigenvalue weighted by atomic mass is 9.89. The molecule has 1 unspecified atom stereocenters. The smallest absolute Gasteiger partial charge is 0.0280 e. The van der Waals surface area contributed by atoms with Gasteiger partial charge in [0.05, 0.1) is 0 Å². The lowest BCUT2D eigenvalue weighted by molar-refractivity contribution is 0.181. The van der Waals surface area contributed by atoms with Crippen LogP contribution in [0, 0.1) is 0 Å². The van der Waals surface area contributed by atoms with Gasteiger partial charge in [0.25, 0.3) is 0 Å². The highest BCUT2D eigenvalue weighted by Gasteiger charge is 2.33. The van der Waals surface area contributed by atoms with Gasteiger partial charge in [0.1, 0.15) is 0 Å². The van der Waals surface area contributed by atoms with Crippen LogP contribution in [0.2, 0.25) is 0 Å². The van der Waals surface area contributed by atoms with Gasteiger partial charge in [-0.15, -0.1) is 0 Å². The summed E-state index contributed by atoms with van der Waals surface area (Å²) >= 11 is 0. The molecule has 0 radical (unpaired) electrons. The summed E-state index contributed by atoms with van der Waals surface area (Å²) < 4.78 is 0. The topological polar surface area (TPSA) is 24.1 Å². The third-order valence-electron chi connectivity index (χ3n) is 2.50. The zero-order valence-corrected chi connectivity index (χ0v) is 8.12. The molecule has 0 aromatic carbocycles. The standard InChI is InChI=1S/C9H20N2/c1-5-9(4)7-10-6-8(2,3)11-9/h10-11H,5-7H2,1-4H3. The lowest BCUT2D eigenvalue weighted by Crippen LogP contribution is -2.66. The summed E-state index contributed by atoms with van der Waals surface area (Å²) in [4.78, 5) is 0. The fourth-order valence-electron chi connectivity index (χ4n) is 1.77. The molecule has 1 aliphatic rings. The van der Waals surface area contributed by atoms with E-state index in [-0.39, 0.29) is 5.54 Å². The monoisotopic (exact) mass is 156 g/mol. The second-order valence-corrected chi connectivity index (χ2v) is 4.53. The Bertz CT molecular complexity index is 142. The lowest BCUT2D eigenvalue weighted by Gasteiger charge is -2.44. The van der Waals surface area contributed by atoms with E-state index in [9.17, 15) is 0 Å². The Balaban J connectivity index is 2.59. The minimum Gasteiger partial charge on any atom is -0.313 e. The normalized spacial score (nSPS) is 37.1. The van der Waals surface area contributed by atoms with Crippen LogP contribution in [0.1, 0.15) is 34.1 Å². The second kappa shape index (κ2) is 2.76. The molecule has 0 aliphatic carbocycles. The molecular weight excluding hydrogens is 136 g/mol. The van der Waals surface area contributed by atoms with Crippen LogP contribution in [-0.2, 0) is 0 Å². The van der Waals surface area contributed by atoms with Crippen molar-refractivity contribution in [2.45, 2.75) is 45.2 Å². The molecule has 0 saturated carbocycles. The molecule has 0 bridgehead atoms. The first-order valence-electron chi connectivity index (χ1n) is 4.47. The quantitative estimate of drug-likeness (QED) is 0.594. The molecule has 2 heteroatoms. The van der Waals surface area contributed by atoms with Crippen LogP contribution in [0.4, 0.5) is 0 Å². The van der Waals surface area contributed by atoms with Crippen LogP contribution in [0.5, 0.6) is 0 Å². The molecule has 0 spiro atoms. The minimum atomic E-state index is 0.253. The molecule has 1 atom stereocenters. The number of rotatable bonds is 1. The van der Waals surface area contributed by atoms with Crippen molar-refractivity contribution in [3.63, 3.8) is 0 Å². The first-order valence-corrected chi connectivity index (χ1v) is 4.47. The summed E-state index contributed by atoms with van der Waals surface area (Å²) in [6.07, 6.45) is 1.18. The summed E-state index contributed by atoms with van der Waals surface area (Å²) in [5.41, 5.74) is 0.546. The Morgan fingerprint density at radius 2 is 1.82 bits per heavy atom. The zero-order chi connectivity index (χ0) is 8.54. The molecule has 2 nitrogen and oxygen atoms in total. The van der Waals surface area contributed by atoms with Gasteiger partial charge in [-0.05, 0) is 27.2 Å². The Morgan fingerprint density at radius 1 is 1.18 bits per heavy atom. The average Bonchev–Trinajstić information content (AvgIpc) is 1.85. The molecule has 0 amide bonds. The predicted molar refractivity (Wildman–Crippen MR) is 48.8 cm³/mol. The summed E-state index contributed by atoms with van der Waals surface area (Å²) in [6, 6.07) is 0. The van der Waals surface area contributed by atoms with Crippen LogP contribution < -0.4 is 10.6 Å². The molecule has 1 aliphatic heterocycles. The summed E-state index contributed by atoms with van der Waals surface area (Å²) in [6.45, 7) is 11.2. The van der Waals surface area contributed by atoms with E-state index < -0.39 is 0 Å². The van der Waals surface area contributed by atoms with Gasteiger partial charge in [-0.25, -0.2) is 0 Å². The van der Waals surface area contributed by atoms with Crippen LogP contribution in [0.25, 0.3) is 0 Å². The molecule has 2 N–H and O–H groups in total. The highest BCUT2D eigenvalue weighted by atomic mass is 15.2. The predicted octanol–water partition coefficient (Wildman–Crippen LogP) is 1.13. The second-order valence-electron chi connectivity index (χ2n) is 4.53. The maximum atomic E-state index is 3.66.